The largest absolute Gasteiger partial charge is 0.391 e. The number of aromatic nitrogens is 1. The third kappa shape index (κ3) is 4.16. The molecule has 1 atom stereocenters. The first-order chi connectivity index (χ1) is 8.08. The summed E-state index contributed by atoms with van der Waals surface area (Å²) in [5.74, 6) is 0.0476. The highest BCUT2D eigenvalue weighted by Crippen LogP contribution is 2.13. The summed E-state index contributed by atoms with van der Waals surface area (Å²) in [7, 11) is 0. The van der Waals surface area contributed by atoms with E-state index in [0.717, 1.165) is 17.3 Å². The maximum atomic E-state index is 11.7. The van der Waals surface area contributed by atoms with Crippen LogP contribution in [-0.4, -0.2) is 28.6 Å². The van der Waals surface area contributed by atoms with Gasteiger partial charge in [-0.15, -0.1) is 0 Å². The number of carbonyl (C=O) groups is 1. The van der Waals surface area contributed by atoms with Crippen LogP contribution in [0.5, 0.6) is 0 Å². The van der Waals surface area contributed by atoms with Crippen molar-refractivity contribution in [3.05, 3.63) is 22.4 Å². The van der Waals surface area contributed by atoms with Crippen LogP contribution in [0.1, 0.15) is 37.2 Å². The van der Waals surface area contributed by atoms with Gasteiger partial charge >= 0.3 is 0 Å². The SMILES string of the molecule is CCC(CC)C(O)CNC(=O)c1cc(Br)c[nH]1. The highest BCUT2D eigenvalue weighted by molar-refractivity contribution is 9.10. The molecular weight excluding hydrogens is 284 g/mol. The molecule has 0 spiro atoms. The number of carbonyl (C=O) groups excluding carboxylic acids is 1. The summed E-state index contributed by atoms with van der Waals surface area (Å²) in [6, 6.07) is 1.71. The first-order valence-corrected chi connectivity index (χ1v) is 6.67. The molecule has 0 saturated heterocycles. The van der Waals surface area contributed by atoms with Gasteiger partial charge in [0.2, 0.25) is 0 Å². The first-order valence-electron chi connectivity index (χ1n) is 5.88. The fourth-order valence-electron chi connectivity index (χ4n) is 1.79. The molecule has 1 rings (SSSR count). The van der Waals surface area contributed by atoms with Crippen molar-refractivity contribution < 1.29 is 9.90 Å². The van der Waals surface area contributed by atoms with E-state index in [2.05, 4.69) is 26.2 Å². The van der Waals surface area contributed by atoms with Crippen LogP contribution in [0.4, 0.5) is 0 Å². The number of amides is 1. The smallest absolute Gasteiger partial charge is 0.267 e. The summed E-state index contributed by atoms with van der Waals surface area (Å²) in [5.41, 5.74) is 0.494. The zero-order valence-electron chi connectivity index (χ0n) is 10.2. The van der Waals surface area contributed by atoms with Crippen molar-refractivity contribution in [2.45, 2.75) is 32.8 Å². The van der Waals surface area contributed by atoms with Crippen LogP contribution in [-0.2, 0) is 0 Å². The summed E-state index contributed by atoms with van der Waals surface area (Å²) in [4.78, 5) is 14.5. The lowest BCUT2D eigenvalue weighted by Gasteiger charge is -2.20. The Morgan fingerprint density at radius 3 is 2.65 bits per heavy atom. The molecule has 3 N–H and O–H groups in total. The van der Waals surface area contributed by atoms with Gasteiger partial charge in [-0.25, -0.2) is 0 Å². The van der Waals surface area contributed by atoms with E-state index in [9.17, 15) is 9.90 Å². The Kier molecular flexibility index (Phi) is 5.71. The zero-order chi connectivity index (χ0) is 12.8. The quantitative estimate of drug-likeness (QED) is 0.755. The Morgan fingerprint density at radius 2 is 2.18 bits per heavy atom. The van der Waals surface area contributed by atoms with Crippen molar-refractivity contribution in [3.63, 3.8) is 0 Å². The van der Waals surface area contributed by atoms with Gasteiger partial charge in [0.25, 0.3) is 5.91 Å². The number of hydrogen-bond acceptors (Lipinski definition) is 2. The number of halogens is 1. The van der Waals surface area contributed by atoms with Crippen molar-refractivity contribution in [2.24, 2.45) is 5.92 Å². The summed E-state index contributed by atoms with van der Waals surface area (Å²) >= 11 is 3.27. The normalized spacial score (nSPS) is 12.8. The lowest BCUT2D eigenvalue weighted by atomic mass is 9.96. The minimum Gasteiger partial charge on any atom is -0.391 e. The summed E-state index contributed by atoms with van der Waals surface area (Å²) in [5, 5.41) is 12.6. The van der Waals surface area contributed by atoms with Gasteiger partial charge in [-0.05, 0) is 27.9 Å². The molecule has 4 nitrogen and oxygen atoms in total. The Hall–Kier alpha value is -0.810. The topological polar surface area (TPSA) is 65.1 Å². The molecule has 1 unspecified atom stereocenters. The minimum absolute atomic E-state index is 0.194. The highest BCUT2D eigenvalue weighted by Gasteiger charge is 2.17. The Balaban J connectivity index is 2.43. The molecule has 0 bridgehead atoms. The lowest BCUT2D eigenvalue weighted by Crippen LogP contribution is -2.36. The van der Waals surface area contributed by atoms with Crippen LogP contribution in [0.25, 0.3) is 0 Å². The molecule has 17 heavy (non-hydrogen) atoms. The van der Waals surface area contributed by atoms with Crippen molar-refractivity contribution in [1.82, 2.24) is 10.3 Å². The summed E-state index contributed by atoms with van der Waals surface area (Å²) in [6.45, 7) is 4.38. The van der Waals surface area contributed by atoms with E-state index in [1.54, 1.807) is 12.3 Å². The molecule has 96 valence electrons. The van der Waals surface area contributed by atoms with Gasteiger partial charge in [0.1, 0.15) is 5.69 Å². The zero-order valence-corrected chi connectivity index (χ0v) is 11.8. The van der Waals surface area contributed by atoms with Gasteiger partial charge in [0, 0.05) is 17.2 Å². The molecule has 5 heteroatoms. The molecule has 1 amide bonds. The van der Waals surface area contributed by atoms with Crippen LogP contribution < -0.4 is 5.32 Å². The molecule has 0 aromatic carbocycles. The summed E-state index contributed by atoms with van der Waals surface area (Å²) < 4.78 is 0.836. The Bertz CT molecular complexity index is 361. The van der Waals surface area contributed by atoms with Crippen molar-refractivity contribution in [2.75, 3.05) is 6.54 Å². The molecular formula is C12H19BrN2O2. The average molecular weight is 303 g/mol. The maximum Gasteiger partial charge on any atom is 0.267 e. The fourth-order valence-corrected chi connectivity index (χ4v) is 2.13. The number of H-pyrrole nitrogens is 1. The van der Waals surface area contributed by atoms with Gasteiger partial charge in [-0.2, -0.15) is 0 Å². The van der Waals surface area contributed by atoms with E-state index in [4.69, 9.17) is 0 Å². The molecule has 0 radical (unpaired) electrons. The predicted molar refractivity (Wildman–Crippen MR) is 70.9 cm³/mol. The van der Waals surface area contributed by atoms with E-state index >= 15 is 0 Å². The van der Waals surface area contributed by atoms with E-state index in [1.807, 2.05) is 13.8 Å². The predicted octanol–water partition coefficient (Wildman–Crippen LogP) is 2.30. The molecule has 1 aromatic rings. The number of nitrogens with one attached hydrogen (secondary N) is 2. The van der Waals surface area contributed by atoms with Crippen LogP contribution in [0.2, 0.25) is 0 Å². The van der Waals surface area contributed by atoms with Gasteiger partial charge in [0.15, 0.2) is 0 Å². The Morgan fingerprint density at radius 1 is 1.53 bits per heavy atom. The molecule has 1 aromatic heterocycles. The van der Waals surface area contributed by atoms with Crippen molar-refractivity contribution in [1.29, 1.82) is 0 Å². The first kappa shape index (κ1) is 14.3. The van der Waals surface area contributed by atoms with Crippen molar-refractivity contribution in [3.8, 4) is 0 Å². The van der Waals surface area contributed by atoms with Crippen LogP contribution in [0, 0.1) is 5.92 Å². The number of rotatable bonds is 6. The molecule has 0 aliphatic carbocycles. The molecule has 1 heterocycles. The van der Waals surface area contributed by atoms with Gasteiger partial charge in [-0.3, -0.25) is 4.79 Å². The van der Waals surface area contributed by atoms with Crippen LogP contribution in [0.3, 0.4) is 0 Å². The molecule has 0 aliphatic rings. The van der Waals surface area contributed by atoms with Crippen molar-refractivity contribution >= 4 is 21.8 Å². The highest BCUT2D eigenvalue weighted by atomic mass is 79.9. The minimum atomic E-state index is -0.479. The van der Waals surface area contributed by atoms with Gasteiger partial charge < -0.3 is 15.4 Å². The second kappa shape index (κ2) is 6.81. The summed E-state index contributed by atoms with van der Waals surface area (Å²) in [6.07, 6.45) is 3.06. The van der Waals surface area contributed by atoms with Gasteiger partial charge in [0.05, 0.1) is 6.10 Å². The van der Waals surface area contributed by atoms with Gasteiger partial charge in [-0.1, -0.05) is 26.7 Å². The van der Waals surface area contributed by atoms with Crippen LogP contribution in [0.15, 0.2) is 16.7 Å². The second-order valence-electron chi connectivity index (χ2n) is 4.09. The standard InChI is InChI=1S/C12H19BrN2O2/c1-3-8(4-2)11(16)7-15-12(17)10-5-9(13)6-14-10/h5-6,8,11,14,16H,3-4,7H2,1-2H3,(H,15,17). The number of aliphatic hydroxyl groups excluding tert-OH is 1. The number of aromatic amines is 1. The van der Waals surface area contributed by atoms with E-state index in [0.29, 0.717) is 12.2 Å². The second-order valence-corrected chi connectivity index (χ2v) is 5.00. The van der Waals surface area contributed by atoms with E-state index < -0.39 is 6.10 Å². The lowest BCUT2D eigenvalue weighted by molar-refractivity contribution is 0.0813. The Labute approximate surface area is 110 Å². The molecule has 0 saturated carbocycles. The average Bonchev–Trinajstić information content (AvgIpc) is 2.74. The number of hydrogen-bond donors (Lipinski definition) is 3. The molecule has 0 fully saturated rings. The monoisotopic (exact) mass is 302 g/mol. The molecule has 0 aliphatic heterocycles. The maximum absolute atomic E-state index is 11.7. The number of aliphatic hydroxyl groups is 1. The van der Waals surface area contributed by atoms with E-state index in [-0.39, 0.29) is 11.8 Å². The fraction of sp³-hybridized carbons (Fsp3) is 0.583. The van der Waals surface area contributed by atoms with E-state index in [1.165, 1.54) is 0 Å². The third-order valence-corrected chi connectivity index (χ3v) is 3.41. The third-order valence-electron chi connectivity index (χ3n) is 2.96. The van der Waals surface area contributed by atoms with Crippen LogP contribution >= 0.6 is 15.9 Å².